The maximum atomic E-state index is 12.2. The van der Waals surface area contributed by atoms with Crippen LogP contribution < -0.4 is 0 Å². The number of carbonyl (C=O) groups is 1. The monoisotopic (exact) mass is 318 g/mol. The van der Waals surface area contributed by atoms with Crippen LogP contribution in [0.25, 0.3) is 0 Å². The van der Waals surface area contributed by atoms with Gasteiger partial charge in [-0.3, -0.25) is 4.79 Å². The third-order valence-corrected chi connectivity index (χ3v) is 3.74. The van der Waals surface area contributed by atoms with Crippen molar-refractivity contribution < 1.29 is 14.3 Å². The number of rotatable bonds is 7. The number of methoxy groups -OCH3 is 1. The summed E-state index contributed by atoms with van der Waals surface area (Å²) in [4.78, 5) is 12.2. The van der Waals surface area contributed by atoms with Gasteiger partial charge in [-0.2, -0.15) is 0 Å². The second-order valence-corrected chi connectivity index (χ2v) is 6.06. The molecule has 1 aromatic rings. The van der Waals surface area contributed by atoms with E-state index in [0.29, 0.717) is 28.6 Å². The molecule has 0 aromatic heterocycles. The molecule has 0 bridgehead atoms. The summed E-state index contributed by atoms with van der Waals surface area (Å²) in [5.41, 5.74) is 0.162. The molecule has 0 spiro atoms. The predicted octanol–water partition coefficient (Wildman–Crippen LogP) is 4.40. The van der Waals surface area contributed by atoms with E-state index in [9.17, 15) is 4.79 Å². The van der Waals surface area contributed by atoms with Gasteiger partial charge in [0.15, 0.2) is 5.78 Å². The molecule has 0 aliphatic rings. The molecule has 1 aromatic carbocycles. The normalized spacial score (nSPS) is 13.3. The fraction of sp³-hybridized carbons (Fsp3) is 0.533. The number of ether oxygens (including phenoxy) is 2. The van der Waals surface area contributed by atoms with Crippen molar-refractivity contribution >= 4 is 29.0 Å². The fourth-order valence-electron chi connectivity index (χ4n) is 1.57. The second kappa shape index (κ2) is 7.41. The third-order valence-electron chi connectivity index (χ3n) is 3.19. The quantitative estimate of drug-likeness (QED) is 0.699. The van der Waals surface area contributed by atoms with Crippen molar-refractivity contribution in [2.24, 2.45) is 0 Å². The zero-order valence-electron chi connectivity index (χ0n) is 12.2. The average Bonchev–Trinajstić information content (AvgIpc) is 2.37. The number of ketones is 1. The van der Waals surface area contributed by atoms with Crippen LogP contribution in [-0.4, -0.2) is 31.2 Å². The Morgan fingerprint density at radius 1 is 1.35 bits per heavy atom. The summed E-state index contributed by atoms with van der Waals surface area (Å²) in [5.74, 6) is -0.151. The Hall–Kier alpha value is -0.610. The summed E-state index contributed by atoms with van der Waals surface area (Å²) < 4.78 is 10.9. The molecule has 0 radical (unpaired) electrons. The Morgan fingerprint density at radius 2 is 2.00 bits per heavy atom. The minimum absolute atomic E-state index is 0.151. The van der Waals surface area contributed by atoms with Crippen molar-refractivity contribution in [3.63, 3.8) is 0 Å². The van der Waals surface area contributed by atoms with Crippen LogP contribution >= 0.6 is 23.2 Å². The van der Waals surface area contributed by atoms with Crippen LogP contribution in [0.15, 0.2) is 18.2 Å². The standard InChI is InChI=1S/C15H20Cl2O3/c1-10(20-8-7-15(2,3)19-4)14(18)12-6-5-11(16)9-13(12)17/h5-6,9-10H,7-8H2,1-4H3. The van der Waals surface area contributed by atoms with Crippen molar-refractivity contribution in [2.45, 2.75) is 38.9 Å². The first kappa shape index (κ1) is 17.4. The molecule has 1 rings (SSSR count). The van der Waals surface area contributed by atoms with Gasteiger partial charge in [0.05, 0.1) is 17.2 Å². The number of halogens is 2. The van der Waals surface area contributed by atoms with Gasteiger partial charge in [0.1, 0.15) is 6.10 Å². The summed E-state index contributed by atoms with van der Waals surface area (Å²) >= 11 is 11.8. The highest BCUT2D eigenvalue weighted by atomic mass is 35.5. The summed E-state index contributed by atoms with van der Waals surface area (Å²) in [7, 11) is 1.65. The Bertz CT molecular complexity index is 472. The zero-order chi connectivity index (χ0) is 15.3. The van der Waals surface area contributed by atoms with E-state index in [1.165, 1.54) is 0 Å². The molecule has 0 aliphatic carbocycles. The Morgan fingerprint density at radius 3 is 2.55 bits per heavy atom. The lowest BCUT2D eigenvalue weighted by Gasteiger charge is -2.23. The maximum absolute atomic E-state index is 12.2. The smallest absolute Gasteiger partial charge is 0.192 e. The lowest BCUT2D eigenvalue weighted by molar-refractivity contribution is -0.0197. The van der Waals surface area contributed by atoms with E-state index in [1.54, 1.807) is 32.2 Å². The SMILES string of the molecule is COC(C)(C)CCOC(C)C(=O)c1ccc(Cl)cc1Cl. The van der Waals surface area contributed by atoms with Crippen LogP contribution in [0.2, 0.25) is 10.0 Å². The zero-order valence-corrected chi connectivity index (χ0v) is 13.7. The van der Waals surface area contributed by atoms with Gasteiger partial charge in [-0.1, -0.05) is 23.2 Å². The van der Waals surface area contributed by atoms with E-state index in [-0.39, 0.29) is 11.4 Å². The van der Waals surface area contributed by atoms with Gasteiger partial charge in [0.2, 0.25) is 0 Å². The average molecular weight is 319 g/mol. The third kappa shape index (κ3) is 5.06. The summed E-state index contributed by atoms with van der Waals surface area (Å²) in [6, 6.07) is 4.81. The number of hydrogen-bond acceptors (Lipinski definition) is 3. The van der Waals surface area contributed by atoms with Crippen LogP contribution in [0.1, 0.15) is 37.6 Å². The first-order chi connectivity index (χ1) is 9.26. The largest absolute Gasteiger partial charge is 0.379 e. The fourth-order valence-corrected chi connectivity index (χ4v) is 2.07. The Kier molecular flexibility index (Phi) is 6.46. The van der Waals surface area contributed by atoms with Crippen molar-refractivity contribution in [1.82, 2.24) is 0 Å². The first-order valence-corrected chi connectivity index (χ1v) is 7.18. The molecule has 5 heteroatoms. The number of benzene rings is 1. The van der Waals surface area contributed by atoms with Gasteiger partial charge in [-0.25, -0.2) is 0 Å². The lowest BCUT2D eigenvalue weighted by atomic mass is 10.1. The molecule has 1 unspecified atom stereocenters. The van der Waals surface area contributed by atoms with E-state index in [1.807, 2.05) is 13.8 Å². The van der Waals surface area contributed by atoms with E-state index in [4.69, 9.17) is 32.7 Å². The molecule has 0 aliphatic heterocycles. The second-order valence-electron chi connectivity index (χ2n) is 5.22. The van der Waals surface area contributed by atoms with Crippen LogP contribution in [0.5, 0.6) is 0 Å². The van der Waals surface area contributed by atoms with Crippen molar-refractivity contribution in [1.29, 1.82) is 0 Å². The van der Waals surface area contributed by atoms with Crippen LogP contribution in [0.3, 0.4) is 0 Å². The van der Waals surface area contributed by atoms with Crippen molar-refractivity contribution in [2.75, 3.05) is 13.7 Å². The molecule has 1 atom stereocenters. The summed E-state index contributed by atoms with van der Waals surface area (Å²) in [6.07, 6.45) is 0.150. The van der Waals surface area contributed by atoms with Gasteiger partial charge in [0, 0.05) is 17.7 Å². The molecule has 0 amide bonds. The predicted molar refractivity (Wildman–Crippen MR) is 81.9 cm³/mol. The Labute approximate surface area is 130 Å². The number of carbonyl (C=O) groups excluding carboxylic acids is 1. The number of Topliss-reactive ketones (excluding diaryl/α,β-unsaturated/α-hetero) is 1. The molecule has 20 heavy (non-hydrogen) atoms. The van der Waals surface area contributed by atoms with Gasteiger partial charge >= 0.3 is 0 Å². The van der Waals surface area contributed by atoms with E-state index < -0.39 is 6.10 Å². The molecule has 0 N–H and O–H groups in total. The van der Waals surface area contributed by atoms with Gasteiger partial charge < -0.3 is 9.47 Å². The first-order valence-electron chi connectivity index (χ1n) is 6.43. The van der Waals surface area contributed by atoms with Crippen LogP contribution in [0, 0.1) is 0 Å². The molecular formula is C15H20Cl2O3. The molecule has 0 heterocycles. The molecule has 0 fully saturated rings. The van der Waals surface area contributed by atoms with Gasteiger partial charge in [-0.05, 0) is 45.4 Å². The molecule has 0 saturated carbocycles. The van der Waals surface area contributed by atoms with Crippen LogP contribution in [0.4, 0.5) is 0 Å². The minimum Gasteiger partial charge on any atom is -0.379 e. The highest BCUT2D eigenvalue weighted by Gasteiger charge is 2.21. The Balaban J connectivity index is 2.59. The van der Waals surface area contributed by atoms with E-state index in [2.05, 4.69) is 0 Å². The lowest BCUT2D eigenvalue weighted by Crippen LogP contribution is -2.28. The van der Waals surface area contributed by atoms with E-state index in [0.717, 1.165) is 0 Å². The van der Waals surface area contributed by atoms with Gasteiger partial charge in [0.25, 0.3) is 0 Å². The highest BCUT2D eigenvalue weighted by molar-refractivity contribution is 6.37. The van der Waals surface area contributed by atoms with Gasteiger partial charge in [-0.15, -0.1) is 0 Å². The maximum Gasteiger partial charge on any atom is 0.192 e. The minimum atomic E-state index is -0.554. The van der Waals surface area contributed by atoms with Crippen molar-refractivity contribution in [3.8, 4) is 0 Å². The highest BCUT2D eigenvalue weighted by Crippen LogP contribution is 2.23. The topological polar surface area (TPSA) is 35.5 Å². The molecular weight excluding hydrogens is 299 g/mol. The molecule has 112 valence electrons. The number of hydrogen-bond donors (Lipinski definition) is 0. The summed E-state index contributed by atoms with van der Waals surface area (Å²) in [6.45, 7) is 6.10. The van der Waals surface area contributed by atoms with E-state index >= 15 is 0 Å². The molecule has 0 saturated heterocycles. The molecule has 3 nitrogen and oxygen atoms in total. The summed E-state index contributed by atoms with van der Waals surface area (Å²) in [5, 5.41) is 0.845. The van der Waals surface area contributed by atoms with Crippen molar-refractivity contribution in [3.05, 3.63) is 33.8 Å². The van der Waals surface area contributed by atoms with Crippen LogP contribution in [-0.2, 0) is 9.47 Å².